The van der Waals surface area contributed by atoms with Gasteiger partial charge in [0.05, 0.1) is 0 Å². The Kier molecular flexibility index (Phi) is 5.34. The van der Waals surface area contributed by atoms with Crippen LogP contribution < -0.4 is 5.32 Å². The Morgan fingerprint density at radius 3 is 2.56 bits per heavy atom. The van der Waals surface area contributed by atoms with Gasteiger partial charge in [0.15, 0.2) is 0 Å². The molecule has 0 saturated carbocycles. The molecule has 0 spiro atoms. The van der Waals surface area contributed by atoms with Gasteiger partial charge in [-0.1, -0.05) is 55.5 Å². The zero-order valence-electron chi connectivity index (χ0n) is 14.7. The number of benzene rings is 2. The molecular formula is C22H23NO2. The molecule has 3 nitrogen and oxygen atoms in total. The molecule has 0 saturated heterocycles. The van der Waals surface area contributed by atoms with Crippen molar-refractivity contribution in [3.8, 4) is 11.3 Å². The fourth-order valence-corrected chi connectivity index (χ4v) is 2.91. The summed E-state index contributed by atoms with van der Waals surface area (Å²) in [6, 6.07) is 20.0. The maximum absolute atomic E-state index is 12.3. The summed E-state index contributed by atoms with van der Waals surface area (Å²) in [7, 11) is 0. The number of carbonyl (C=O) groups is 1. The first-order valence-electron chi connectivity index (χ1n) is 8.70. The summed E-state index contributed by atoms with van der Waals surface area (Å²) in [5.41, 5.74) is 4.25. The predicted octanol–water partition coefficient (Wildman–Crippen LogP) is 5.39. The molecule has 1 heterocycles. The predicted molar refractivity (Wildman–Crippen MR) is 102 cm³/mol. The minimum Gasteiger partial charge on any atom is -0.461 e. The zero-order valence-corrected chi connectivity index (χ0v) is 14.7. The van der Waals surface area contributed by atoms with Crippen molar-refractivity contribution in [3.63, 3.8) is 0 Å². The van der Waals surface area contributed by atoms with E-state index in [9.17, 15) is 4.79 Å². The number of amides is 1. The van der Waals surface area contributed by atoms with Crippen LogP contribution >= 0.6 is 0 Å². The fraction of sp³-hybridized carbons (Fsp3) is 0.227. The highest BCUT2D eigenvalue weighted by atomic mass is 16.3. The van der Waals surface area contributed by atoms with Gasteiger partial charge < -0.3 is 9.73 Å². The largest absolute Gasteiger partial charge is 0.461 e. The Bertz CT molecular complexity index is 849. The van der Waals surface area contributed by atoms with Crippen LogP contribution in [-0.2, 0) is 17.6 Å². The summed E-state index contributed by atoms with van der Waals surface area (Å²) < 4.78 is 5.86. The average Bonchev–Trinajstić information content (AvgIpc) is 3.11. The van der Waals surface area contributed by atoms with Crippen LogP contribution in [0, 0.1) is 6.92 Å². The second kappa shape index (κ2) is 7.84. The van der Waals surface area contributed by atoms with E-state index in [0.717, 1.165) is 40.3 Å². The van der Waals surface area contributed by atoms with E-state index in [1.54, 1.807) is 0 Å². The Labute approximate surface area is 148 Å². The first kappa shape index (κ1) is 17.0. The summed E-state index contributed by atoms with van der Waals surface area (Å²) in [5, 5.41) is 3.06. The minimum atomic E-state index is 0.0154. The lowest BCUT2D eigenvalue weighted by atomic mass is 10.1. The quantitative estimate of drug-likeness (QED) is 0.657. The molecule has 1 amide bonds. The number of para-hydroxylation sites is 1. The van der Waals surface area contributed by atoms with E-state index in [2.05, 4.69) is 18.3 Å². The fourth-order valence-electron chi connectivity index (χ4n) is 2.91. The molecule has 0 fully saturated rings. The molecule has 2 aromatic carbocycles. The number of nitrogens with one attached hydrogen (secondary N) is 1. The van der Waals surface area contributed by atoms with E-state index in [0.29, 0.717) is 12.8 Å². The van der Waals surface area contributed by atoms with Crippen molar-refractivity contribution in [3.05, 3.63) is 77.6 Å². The van der Waals surface area contributed by atoms with Crippen molar-refractivity contribution in [2.45, 2.75) is 33.1 Å². The average molecular weight is 333 g/mol. The van der Waals surface area contributed by atoms with Crippen molar-refractivity contribution < 1.29 is 9.21 Å². The summed E-state index contributed by atoms with van der Waals surface area (Å²) >= 11 is 0. The maximum Gasteiger partial charge on any atom is 0.224 e. The molecule has 3 aromatic rings. The van der Waals surface area contributed by atoms with Gasteiger partial charge in [-0.05, 0) is 36.6 Å². The third-order valence-corrected chi connectivity index (χ3v) is 4.32. The summed E-state index contributed by atoms with van der Waals surface area (Å²) in [4.78, 5) is 12.3. The SMILES string of the molecule is CCc1cccc(C)c1NC(=O)CCc1ccc(-c2ccccc2)o1. The van der Waals surface area contributed by atoms with Crippen LogP contribution in [0.3, 0.4) is 0 Å². The molecule has 3 heteroatoms. The molecular weight excluding hydrogens is 310 g/mol. The van der Waals surface area contributed by atoms with Crippen LogP contribution in [-0.4, -0.2) is 5.91 Å². The van der Waals surface area contributed by atoms with Crippen molar-refractivity contribution in [1.82, 2.24) is 0 Å². The first-order valence-corrected chi connectivity index (χ1v) is 8.70. The number of hydrogen-bond donors (Lipinski definition) is 1. The van der Waals surface area contributed by atoms with Crippen molar-refractivity contribution in [2.75, 3.05) is 5.32 Å². The van der Waals surface area contributed by atoms with Gasteiger partial charge in [0, 0.05) is 24.1 Å². The van der Waals surface area contributed by atoms with Crippen molar-refractivity contribution >= 4 is 11.6 Å². The monoisotopic (exact) mass is 333 g/mol. The van der Waals surface area contributed by atoms with Gasteiger partial charge >= 0.3 is 0 Å². The second-order valence-corrected chi connectivity index (χ2v) is 6.14. The molecule has 0 aliphatic heterocycles. The van der Waals surface area contributed by atoms with E-state index in [-0.39, 0.29) is 5.91 Å². The molecule has 0 radical (unpaired) electrons. The molecule has 0 bridgehead atoms. The van der Waals surface area contributed by atoms with Crippen LogP contribution in [0.25, 0.3) is 11.3 Å². The smallest absolute Gasteiger partial charge is 0.224 e. The van der Waals surface area contributed by atoms with Gasteiger partial charge in [-0.15, -0.1) is 0 Å². The molecule has 0 unspecified atom stereocenters. The van der Waals surface area contributed by atoms with E-state index in [1.807, 2.05) is 61.5 Å². The molecule has 128 valence electrons. The van der Waals surface area contributed by atoms with Gasteiger partial charge in [0.25, 0.3) is 0 Å². The second-order valence-electron chi connectivity index (χ2n) is 6.14. The van der Waals surface area contributed by atoms with Crippen LogP contribution in [0.2, 0.25) is 0 Å². The lowest BCUT2D eigenvalue weighted by Gasteiger charge is -2.12. The van der Waals surface area contributed by atoms with Gasteiger partial charge in [-0.3, -0.25) is 4.79 Å². The molecule has 1 N–H and O–H groups in total. The van der Waals surface area contributed by atoms with Crippen molar-refractivity contribution in [2.24, 2.45) is 0 Å². The zero-order chi connectivity index (χ0) is 17.6. The van der Waals surface area contributed by atoms with Crippen LogP contribution in [0.4, 0.5) is 5.69 Å². The minimum absolute atomic E-state index is 0.0154. The van der Waals surface area contributed by atoms with Gasteiger partial charge in [0.1, 0.15) is 11.5 Å². The molecule has 3 rings (SSSR count). The van der Waals surface area contributed by atoms with E-state index in [1.165, 1.54) is 0 Å². The van der Waals surface area contributed by atoms with Gasteiger partial charge in [-0.25, -0.2) is 0 Å². The molecule has 0 aliphatic rings. The maximum atomic E-state index is 12.3. The Morgan fingerprint density at radius 2 is 1.80 bits per heavy atom. The highest BCUT2D eigenvalue weighted by Crippen LogP contribution is 2.23. The third kappa shape index (κ3) is 4.18. The lowest BCUT2D eigenvalue weighted by molar-refractivity contribution is -0.116. The van der Waals surface area contributed by atoms with Crippen LogP contribution in [0.15, 0.2) is 65.1 Å². The summed E-state index contributed by atoms with van der Waals surface area (Å²) in [6.45, 7) is 4.12. The Hall–Kier alpha value is -2.81. The topological polar surface area (TPSA) is 42.2 Å². The molecule has 0 aliphatic carbocycles. The Balaban J connectivity index is 1.61. The lowest BCUT2D eigenvalue weighted by Crippen LogP contribution is -2.14. The van der Waals surface area contributed by atoms with E-state index < -0.39 is 0 Å². The summed E-state index contributed by atoms with van der Waals surface area (Å²) in [6.07, 6.45) is 1.89. The third-order valence-electron chi connectivity index (χ3n) is 4.32. The standard InChI is InChI=1S/C22H23NO2/c1-3-17-11-7-8-16(2)22(17)23-21(24)15-13-19-12-14-20(25-19)18-9-5-4-6-10-18/h4-12,14H,3,13,15H2,1-2H3,(H,23,24). The molecule has 0 atom stereocenters. The number of hydrogen-bond acceptors (Lipinski definition) is 2. The summed E-state index contributed by atoms with van der Waals surface area (Å²) in [5.74, 6) is 1.68. The van der Waals surface area contributed by atoms with Crippen molar-refractivity contribution in [1.29, 1.82) is 0 Å². The van der Waals surface area contributed by atoms with Gasteiger partial charge in [0.2, 0.25) is 5.91 Å². The van der Waals surface area contributed by atoms with Crippen LogP contribution in [0.1, 0.15) is 30.2 Å². The number of aryl methyl sites for hydroxylation is 3. The first-order chi connectivity index (χ1) is 12.2. The number of rotatable bonds is 6. The van der Waals surface area contributed by atoms with Gasteiger partial charge in [-0.2, -0.15) is 0 Å². The highest BCUT2D eigenvalue weighted by molar-refractivity contribution is 5.92. The number of furan rings is 1. The highest BCUT2D eigenvalue weighted by Gasteiger charge is 2.10. The van der Waals surface area contributed by atoms with E-state index >= 15 is 0 Å². The Morgan fingerprint density at radius 1 is 1.00 bits per heavy atom. The van der Waals surface area contributed by atoms with E-state index in [4.69, 9.17) is 4.42 Å². The number of carbonyl (C=O) groups excluding carboxylic acids is 1. The number of anilines is 1. The van der Waals surface area contributed by atoms with Crippen LogP contribution in [0.5, 0.6) is 0 Å². The molecule has 25 heavy (non-hydrogen) atoms. The normalized spacial score (nSPS) is 10.6. The molecule has 1 aromatic heterocycles.